The fraction of sp³-hybridized carbons (Fsp3) is 0.235. The molecule has 0 unspecified atom stereocenters. The predicted octanol–water partition coefficient (Wildman–Crippen LogP) is 2.75. The van der Waals surface area contributed by atoms with Crippen LogP contribution in [0, 0.1) is 5.92 Å². The highest BCUT2D eigenvalue weighted by molar-refractivity contribution is 5.73. The molecule has 2 aromatic rings. The lowest BCUT2D eigenvalue weighted by Gasteiger charge is -2.21. The third-order valence-corrected chi connectivity index (χ3v) is 3.32. The van der Waals surface area contributed by atoms with Crippen molar-refractivity contribution in [2.75, 3.05) is 7.11 Å². The maximum absolute atomic E-state index is 11.9. The number of ether oxygens (including phenoxy) is 1. The minimum atomic E-state index is -0.871. The summed E-state index contributed by atoms with van der Waals surface area (Å²) in [5.41, 5.74) is 1.72. The Hall–Kier alpha value is -2.13. The smallest absolute Gasteiger partial charge is 0.311 e. The number of hydrogen-bond donors (Lipinski definition) is 1. The van der Waals surface area contributed by atoms with E-state index in [2.05, 4.69) is 0 Å². The topological polar surface area (TPSA) is 46.5 Å². The average Bonchev–Trinajstić information content (AvgIpc) is 2.53. The van der Waals surface area contributed by atoms with E-state index in [4.69, 9.17) is 4.74 Å². The Bertz CT molecular complexity index is 537. The first kappa shape index (κ1) is 14.3. The molecule has 0 fully saturated rings. The Morgan fingerprint density at radius 3 is 2.15 bits per heavy atom. The first-order valence-electron chi connectivity index (χ1n) is 6.57. The molecule has 0 heterocycles. The summed E-state index contributed by atoms with van der Waals surface area (Å²) in [5, 5.41) is 10.4. The van der Waals surface area contributed by atoms with Crippen LogP contribution in [0.25, 0.3) is 0 Å². The molecule has 0 aliphatic carbocycles. The fourth-order valence-electron chi connectivity index (χ4n) is 2.23. The van der Waals surface area contributed by atoms with Crippen LogP contribution >= 0.6 is 0 Å². The van der Waals surface area contributed by atoms with Crippen molar-refractivity contribution in [3.8, 4) is 0 Å². The molecule has 3 nitrogen and oxygen atoms in total. The van der Waals surface area contributed by atoms with Gasteiger partial charge in [0, 0.05) is 0 Å². The monoisotopic (exact) mass is 270 g/mol. The third kappa shape index (κ3) is 3.45. The third-order valence-electron chi connectivity index (χ3n) is 3.32. The standard InChI is InChI=1S/C17H18O3/c1-20-17(19)15(12-13-8-4-2-5-9-13)16(18)14-10-6-3-7-11-14/h2-11,15-16,18H,12H2,1H3/t15-,16-/m0/s1. The number of hydrogen-bond acceptors (Lipinski definition) is 3. The minimum Gasteiger partial charge on any atom is -0.469 e. The van der Waals surface area contributed by atoms with Gasteiger partial charge >= 0.3 is 5.97 Å². The van der Waals surface area contributed by atoms with Crippen LogP contribution in [0.2, 0.25) is 0 Å². The van der Waals surface area contributed by atoms with E-state index in [1.807, 2.05) is 60.7 Å². The molecular weight excluding hydrogens is 252 g/mol. The Morgan fingerprint density at radius 2 is 1.60 bits per heavy atom. The molecule has 0 bridgehead atoms. The van der Waals surface area contributed by atoms with Crippen molar-refractivity contribution >= 4 is 5.97 Å². The predicted molar refractivity (Wildman–Crippen MR) is 77.1 cm³/mol. The Kier molecular flexibility index (Phi) is 4.91. The van der Waals surface area contributed by atoms with Gasteiger partial charge in [0.25, 0.3) is 0 Å². The molecule has 0 saturated carbocycles. The van der Waals surface area contributed by atoms with E-state index in [1.54, 1.807) is 0 Å². The molecule has 2 rings (SSSR count). The highest BCUT2D eigenvalue weighted by Crippen LogP contribution is 2.26. The molecule has 104 valence electrons. The van der Waals surface area contributed by atoms with E-state index in [-0.39, 0.29) is 0 Å². The summed E-state index contributed by atoms with van der Waals surface area (Å²) in [6.45, 7) is 0. The molecule has 3 heteroatoms. The lowest BCUT2D eigenvalue weighted by Crippen LogP contribution is -2.25. The summed E-state index contributed by atoms with van der Waals surface area (Å²) < 4.78 is 4.83. The van der Waals surface area contributed by atoms with Gasteiger partial charge in [0.05, 0.1) is 19.1 Å². The van der Waals surface area contributed by atoms with Gasteiger partial charge in [-0.1, -0.05) is 60.7 Å². The van der Waals surface area contributed by atoms with Gasteiger partial charge in [0.15, 0.2) is 0 Å². The van der Waals surface area contributed by atoms with E-state index < -0.39 is 18.0 Å². The second kappa shape index (κ2) is 6.87. The highest BCUT2D eigenvalue weighted by Gasteiger charge is 2.29. The van der Waals surface area contributed by atoms with Crippen LogP contribution in [0.15, 0.2) is 60.7 Å². The van der Waals surface area contributed by atoms with Crippen LogP contribution in [0.4, 0.5) is 0 Å². The summed E-state index contributed by atoms with van der Waals surface area (Å²) in [4.78, 5) is 11.9. The lowest BCUT2D eigenvalue weighted by molar-refractivity contribution is -0.149. The van der Waals surface area contributed by atoms with Gasteiger partial charge in [-0.2, -0.15) is 0 Å². The van der Waals surface area contributed by atoms with Crippen LogP contribution in [0.3, 0.4) is 0 Å². The number of rotatable bonds is 5. The van der Waals surface area contributed by atoms with Crippen LogP contribution in [0.5, 0.6) is 0 Å². The van der Waals surface area contributed by atoms with E-state index in [0.29, 0.717) is 6.42 Å². The van der Waals surface area contributed by atoms with E-state index >= 15 is 0 Å². The zero-order chi connectivity index (χ0) is 14.4. The summed E-state index contributed by atoms with van der Waals surface area (Å²) in [7, 11) is 1.35. The van der Waals surface area contributed by atoms with Gasteiger partial charge in [-0.15, -0.1) is 0 Å². The summed E-state index contributed by atoms with van der Waals surface area (Å²) in [6, 6.07) is 18.8. The fourth-order valence-corrected chi connectivity index (χ4v) is 2.23. The molecule has 0 aliphatic rings. The van der Waals surface area contributed by atoms with Crippen molar-refractivity contribution in [2.45, 2.75) is 12.5 Å². The van der Waals surface area contributed by atoms with Gasteiger partial charge in [0.1, 0.15) is 0 Å². The molecule has 2 atom stereocenters. The molecule has 0 aliphatic heterocycles. The Balaban J connectivity index is 2.22. The molecule has 20 heavy (non-hydrogen) atoms. The molecule has 1 N–H and O–H groups in total. The normalized spacial score (nSPS) is 13.5. The molecule has 2 aromatic carbocycles. The molecule has 0 radical (unpaired) electrons. The van der Waals surface area contributed by atoms with Crippen molar-refractivity contribution in [3.63, 3.8) is 0 Å². The zero-order valence-electron chi connectivity index (χ0n) is 11.4. The van der Waals surface area contributed by atoms with Gasteiger partial charge in [-0.05, 0) is 17.5 Å². The molecule has 0 spiro atoms. The molecule has 0 saturated heterocycles. The van der Waals surface area contributed by atoms with Crippen molar-refractivity contribution < 1.29 is 14.6 Å². The largest absolute Gasteiger partial charge is 0.469 e. The van der Waals surface area contributed by atoms with Crippen molar-refractivity contribution in [3.05, 3.63) is 71.8 Å². The summed E-state index contributed by atoms with van der Waals surface area (Å²) >= 11 is 0. The number of carbonyl (C=O) groups excluding carboxylic acids is 1. The van der Waals surface area contributed by atoms with E-state index in [9.17, 15) is 9.90 Å². The van der Waals surface area contributed by atoms with Gasteiger partial charge in [0.2, 0.25) is 0 Å². The number of benzene rings is 2. The maximum atomic E-state index is 11.9. The molecular formula is C17H18O3. The van der Waals surface area contributed by atoms with Crippen LogP contribution in [-0.2, 0) is 16.0 Å². The Morgan fingerprint density at radius 1 is 1.05 bits per heavy atom. The number of carbonyl (C=O) groups is 1. The van der Waals surface area contributed by atoms with E-state index in [0.717, 1.165) is 11.1 Å². The maximum Gasteiger partial charge on any atom is 0.311 e. The van der Waals surface area contributed by atoms with Crippen molar-refractivity contribution in [2.24, 2.45) is 5.92 Å². The first-order valence-corrected chi connectivity index (χ1v) is 6.57. The van der Waals surface area contributed by atoms with Crippen LogP contribution in [-0.4, -0.2) is 18.2 Å². The second-order valence-corrected chi connectivity index (χ2v) is 4.67. The van der Waals surface area contributed by atoms with Gasteiger partial charge in [-0.25, -0.2) is 0 Å². The number of esters is 1. The van der Waals surface area contributed by atoms with Gasteiger partial charge < -0.3 is 9.84 Å². The highest BCUT2D eigenvalue weighted by atomic mass is 16.5. The Labute approximate surface area is 118 Å². The molecule has 0 aromatic heterocycles. The number of aliphatic hydroxyl groups excluding tert-OH is 1. The van der Waals surface area contributed by atoms with Gasteiger partial charge in [-0.3, -0.25) is 4.79 Å². The molecule has 0 amide bonds. The van der Waals surface area contributed by atoms with E-state index in [1.165, 1.54) is 7.11 Å². The zero-order valence-corrected chi connectivity index (χ0v) is 11.4. The van der Waals surface area contributed by atoms with Crippen molar-refractivity contribution in [1.82, 2.24) is 0 Å². The quantitative estimate of drug-likeness (QED) is 0.850. The van der Waals surface area contributed by atoms with Crippen LogP contribution < -0.4 is 0 Å². The van der Waals surface area contributed by atoms with Crippen LogP contribution in [0.1, 0.15) is 17.2 Å². The number of aliphatic hydroxyl groups is 1. The second-order valence-electron chi connectivity index (χ2n) is 4.67. The SMILES string of the molecule is COC(=O)[C@@H](Cc1ccccc1)[C@@H](O)c1ccccc1. The average molecular weight is 270 g/mol. The van der Waals surface area contributed by atoms with Crippen molar-refractivity contribution in [1.29, 1.82) is 0 Å². The first-order chi connectivity index (χ1) is 9.72. The lowest BCUT2D eigenvalue weighted by atomic mass is 9.90. The minimum absolute atomic E-state index is 0.398. The summed E-state index contributed by atoms with van der Waals surface area (Å²) in [5.74, 6) is -1.00. The number of methoxy groups -OCH3 is 1. The summed E-state index contributed by atoms with van der Waals surface area (Å²) in [6.07, 6.45) is -0.423.